The first-order valence-electron chi connectivity index (χ1n) is 11.7. The maximum atomic E-state index is 12.5. The number of amides is 1. The van der Waals surface area contributed by atoms with Gasteiger partial charge in [-0.2, -0.15) is 0 Å². The lowest BCUT2D eigenvalue weighted by Gasteiger charge is -2.19. The lowest BCUT2D eigenvalue weighted by atomic mass is 10.1. The van der Waals surface area contributed by atoms with Crippen molar-refractivity contribution in [2.45, 2.75) is 50.5 Å². The molecular weight excluding hydrogens is 484 g/mol. The summed E-state index contributed by atoms with van der Waals surface area (Å²) in [5, 5.41) is 12.2. The second-order valence-corrected chi connectivity index (χ2v) is 11.8. The minimum absolute atomic E-state index is 0.00531. The van der Waals surface area contributed by atoms with Crippen LogP contribution in [0.5, 0.6) is 5.75 Å². The van der Waals surface area contributed by atoms with E-state index in [1.54, 1.807) is 0 Å². The summed E-state index contributed by atoms with van der Waals surface area (Å²) in [4.78, 5) is 12.5. The molecule has 2 atom stereocenters. The van der Waals surface area contributed by atoms with Crippen LogP contribution >= 0.6 is 11.8 Å². The Labute approximate surface area is 210 Å². The number of rotatable bonds is 10. The van der Waals surface area contributed by atoms with Gasteiger partial charge >= 0.3 is 0 Å². The van der Waals surface area contributed by atoms with E-state index >= 15 is 0 Å². The SMILES string of the molecule is CCc1ccc(OCc2nnc(SCC(=O)N[C@H]3CCS(=O)(=O)C3)n2[C@@H](C)c2ccccc2)cc1. The van der Waals surface area contributed by atoms with Crippen molar-refractivity contribution in [3.8, 4) is 5.75 Å². The van der Waals surface area contributed by atoms with Gasteiger partial charge in [-0.3, -0.25) is 9.36 Å². The van der Waals surface area contributed by atoms with E-state index < -0.39 is 9.84 Å². The summed E-state index contributed by atoms with van der Waals surface area (Å²) < 4.78 is 31.3. The number of hydrogen-bond acceptors (Lipinski definition) is 7. The number of hydrogen-bond donors (Lipinski definition) is 1. The molecule has 1 aromatic heterocycles. The first kappa shape index (κ1) is 25.2. The molecule has 1 amide bonds. The molecule has 0 saturated carbocycles. The van der Waals surface area contributed by atoms with Gasteiger partial charge in [0, 0.05) is 6.04 Å². The number of sulfone groups is 1. The molecule has 1 aliphatic heterocycles. The minimum atomic E-state index is -3.05. The first-order valence-corrected chi connectivity index (χ1v) is 14.5. The Kier molecular flexibility index (Phi) is 8.12. The molecule has 0 bridgehead atoms. The Morgan fingerprint density at radius 2 is 1.91 bits per heavy atom. The molecular formula is C25H30N4O4S2. The lowest BCUT2D eigenvalue weighted by molar-refractivity contribution is -0.119. The Hall–Kier alpha value is -2.85. The van der Waals surface area contributed by atoms with Gasteiger partial charge in [0.05, 0.1) is 23.3 Å². The number of aromatic nitrogens is 3. The maximum absolute atomic E-state index is 12.5. The van der Waals surface area contributed by atoms with E-state index in [0.717, 1.165) is 17.7 Å². The van der Waals surface area contributed by atoms with E-state index in [2.05, 4.69) is 29.4 Å². The molecule has 2 heterocycles. The van der Waals surface area contributed by atoms with Crippen molar-refractivity contribution < 1.29 is 17.9 Å². The Bertz CT molecular complexity index is 1240. The number of nitrogens with one attached hydrogen (secondary N) is 1. The van der Waals surface area contributed by atoms with E-state index in [-0.39, 0.29) is 41.9 Å². The molecule has 0 unspecified atom stereocenters. The summed E-state index contributed by atoms with van der Waals surface area (Å²) in [6.07, 6.45) is 1.43. The van der Waals surface area contributed by atoms with Gasteiger partial charge in [-0.1, -0.05) is 61.2 Å². The van der Waals surface area contributed by atoms with E-state index in [0.29, 0.717) is 17.4 Å². The third kappa shape index (κ3) is 6.64. The molecule has 0 radical (unpaired) electrons. The van der Waals surface area contributed by atoms with Gasteiger partial charge in [0.25, 0.3) is 0 Å². The summed E-state index contributed by atoms with van der Waals surface area (Å²) in [6.45, 7) is 4.41. The quantitative estimate of drug-likeness (QED) is 0.414. The van der Waals surface area contributed by atoms with Crippen LogP contribution in [0.4, 0.5) is 0 Å². The molecule has 35 heavy (non-hydrogen) atoms. The zero-order valence-electron chi connectivity index (χ0n) is 19.9. The Morgan fingerprint density at radius 3 is 2.57 bits per heavy atom. The number of aryl methyl sites for hydroxylation is 1. The average Bonchev–Trinajstić information content (AvgIpc) is 3.43. The molecule has 1 N–H and O–H groups in total. The van der Waals surface area contributed by atoms with Crippen molar-refractivity contribution in [1.82, 2.24) is 20.1 Å². The third-order valence-corrected chi connectivity index (χ3v) is 8.74. The average molecular weight is 515 g/mol. The molecule has 0 spiro atoms. The minimum Gasteiger partial charge on any atom is -0.486 e. The molecule has 3 aromatic rings. The van der Waals surface area contributed by atoms with Gasteiger partial charge in [0.15, 0.2) is 20.8 Å². The molecule has 4 rings (SSSR count). The molecule has 186 valence electrons. The van der Waals surface area contributed by atoms with E-state index in [9.17, 15) is 13.2 Å². The highest BCUT2D eigenvalue weighted by atomic mass is 32.2. The second-order valence-electron chi connectivity index (χ2n) is 8.60. The zero-order chi connectivity index (χ0) is 24.8. The molecule has 1 aliphatic rings. The normalized spacial score (nSPS) is 17.7. The molecule has 1 saturated heterocycles. The molecule has 0 aliphatic carbocycles. The van der Waals surface area contributed by atoms with Crippen molar-refractivity contribution in [1.29, 1.82) is 0 Å². The predicted molar refractivity (Wildman–Crippen MR) is 136 cm³/mol. The van der Waals surface area contributed by atoms with Crippen molar-refractivity contribution in [3.63, 3.8) is 0 Å². The van der Waals surface area contributed by atoms with Gasteiger partial charge in [0.2, 0.25) is 5.91 Å². The fourth-order valence-corrected chi connectivity index (χ4v) is 6.57. The van der Waals surface area contributed by atoms with Crippen molar-refractivity contribution in [2.24, 2.45) is 0 Å². The number of benzene rings is 2. The number of thioether (sulfide) groups is 1. The highest BCUT2D eigenvalue weighted by Crippen LogP contribution is 2.27. The smallest absolute Gasteiger partial charge is 0.230 e. The van der Waals surface area contributed by atoms with E-state index in [1.165, 1.54) is 17.3 Å². The molecule has 2 aromatic carbocycles. The molecule has 8 nitrogen and oxygen atoms in total. The van der Waals surface area contributed by atoms with Gasteiger partial charge in [-0.25, -0.2) is 8.42 Å². The van der Waals surface area contributed by atoms with Gasteiger partial charge in [-0.05, 0) is 43.0 Å². The monoisotopic (exact) mass is 514 g/mol. The van der Waals surface area contributed by atoms with Crippen LogP contribution in [0.25, 0.3) is 0 Å². The zero-order valence-corrected chi connectivity index (χ0v) is 21.5. The lowest BCUT2D eigenvalue weighted by Crippen LogP contribution is -2.36. The van der Waals surface area contributed by atoms with Crippen LogP contribution in [0.15, 0.2) is 59.8 Å². The van der Waals surface area contributed by atoms with E-state index in [4.69, 9.17) is 4.74 Å². The van der Waals surface area contributed by atoms with Gasteiger partial charge in [-0.15, -0.1) is 10.2 Å². The van der Waals surface area contributed by atoms with Crippen molar-refractivity contribution in [3.05, 3.63) is 71.5 Å². The van der Waals surface area contributed by atoms with Crippen LogP contribution in [-0.4, -0.2) is 52.4 Å². The molecule has 10 heteroatoms. The Balaban J connectivity index is 1.47. The summed E-state index contributed by atoms with van der Waals surface area (Å²) in [5.41, 5.74) is 2.33. The molecule has 1 fully saturated rings. The fraction of sp³-hybridized carbons (Fsp3) is 0.400. The van der Waals surface area contributed by atoms with Crippen LogP contribution in [0.1, 0.15) is 43.3 Å². The number of carbonyl (C=O) groups excluding carboxylic acids is 1. The van der Waals surface area contributed by atoms with Crippen molar-refractivity contribution >= 4 is 27.5 Å². The van der Waals surface area contributed by atoms with Gasteiger partial charge < -0.3 is 10.1 Å². The predicted octanol–water partition coefficient (Wildman–Crippen LogP) is 3.42. The summed E-state index contributed by atoms with van der Waals surface area (Å²) in [7, 11) is -3.05. The summed E-state index contributed by atoms with van der Waals surface area (Å²) >= 11 is 1.28. The van der Waals surface area contributed by atoms with Crippen LogP contribution in [0, 0.1) is 0 Å². The van der Waals surface area contributed by atoms with Crippen LogP contribution in [0.3, 0.4) is 0 Å². The topological polar surface area (TPSA) is 103 Å². The van der Waals surface area contributed by atoms with E-state index in [1.807, 2.05) is 59.2 Å². The first-order chi connectivity index (χ1) is 16.8. The van der Waals surface area contributed by atoms with Crippen LogP contribution < -0.4 is 10.1 Å². The number of carbonyl (C=O) groups is 1. The highest BCUT2D eigenvalue weighted by molar-refractivity contribution is 7.99. The van der Waals surface area contributed by atoms with Crippen molar-refractivity contribution in [2.75, 3.05) is 17.3 Å². The van der Waals surface area contributed by atoms with Gasteiger partial charge in [0.1, 0.15) is 12.4 Å². The number of ether oxygens (including phenoxy) is 1. The number of nitrogens with zero attached hydrogens (tertiary/aromatic N) is 3. The third-order valence-electron chi connectivity index (χ3n) is 6.03. The summed E-state index contributed by atoms with van der Waals surface area (Å²) in [6, 6.07) is 17.6. The maximum Gasteiger partial charge on any atom is 0.230 e. The standard InChI is InChI=1S/C25H30N4O4S2/c1-3-19-9-11-22(12-10-19)33-15-23-27-28-25(29(23)18(2)20-7-5-4-6-8-20)34-16-24(30)26-21-13-14-35(31,32)17-21/h4-12,18,21H,3,13-17H2,1-2H3,(H,26,30)/t18-,21-/m0/s1. The summed E-state index contributed by atoms with van der Waals surface area (Å²) in [5.74, 6) is 1.45. The fourth-order valence-electron chi connectivity index (χ4n) is 4.05. The van der Waals surface area contributed by atoms with Crippen LogP contribution in [-0.2, 0) is 27.7 Å². The largest absolute Gasteiger partial charge is 0.486 e. The highest BCUT2D eigenvalue weighted by Gasteiger charge is 2.29. The van der Waals surface area contributed by atoms with Crippen LogP contribution in [0.2, 0.25) is 0 Å². The Morgan fingerprint density at radius 1 is 1.17 bits per heavy atom. The second kappa shape index (κ2) is 11.3.